The fourth-order valence-electron chi connectivity index (χ4n) is 6.64. The van der Waals surface area contributed by atoms with Crippen LogP contribution in [0.4, 0.5) is 0 Å². The van der Waals surface area contributed by atoms with Gasteiger partial charge in [0.15, 0.2) is 0 Å². The zero-order valence-corrected chi connectivity index (χ0v) is 24.5. The van der Waals surface area contributed by atoms with E-state index in [0.29, 0.717) is 5.92 Å². The van der Waals surface area contributed by atoms with Gasteiger partial charge in [0, 0.05) is 5.92 Å². The van der Waals surface area contributed by atoms with Crippen molar-refractivity contribution < 1.29 is 0 Å². The van der Waals surface area contributed by atoms with Crippen molar-refractivity contribution in [2.45, 2.75) is 13.3 Å². The number of benzene rings is 6. The Morgan fingerprint density at radius 3 is 1.74 bits per heavy atom. The van der Waals surface area contributed by atoms with E-state index in [2.05, 4.69) is 159 Å². The Balaban J connectivity index is 0.000000379. The van der Waals surface area contributed by atoms with Crippen LogP contribution < -0.4 is 10.4 Å². The molecule has 0 spiro atoms. The first kappa shape index (κ1) is 26.7. The first-order chi connectivity index (χ1) is 21.3. The van der Waals surface area contributed by atoms with Crippen molar-refractivity contribution in [1.82, 2.24) is 0 Å². The third-order valence-corrected chi connectivity index (χ3v) is 8.53. The summed E-state index contributed by atoms with van der Waals surface area (Å²) in [6.45, 7) is 2.08. The van der Waals surface area contributed by atoms with Crippen molar-refractivity contribution in [2.24, 2.45) is 5.92 Å². The van der Waals surface area contributed by atoms with Crippen LogP contribution in [0.15, 0.2) is 175 Å². The highest BCUT2D eigenvalue weighted by Crippen LogP contribution is 2.41. The predicted octanol–water partition coefficient (Wildman–Crippen LogP) is 9.42. The maximum atomic E-state index is 2.43. The molecule has 43 heavy (non-hydrogen) atoms. The highest BCUT2D eigenvalue weighted by Gasteiger charge is 2.30. The number of hydrogen-bond acceptors (Lipinski definition) is 0. The lowest BCUT2D eigenvalue weighted by atomic mass is 9.71. The standard InChI is InChI=1S/C36H26.C7H8/c1-4-14-25(15-5-1)33-30-22-12-13-23-31(30)35(27-18-8-3-9-19-27)36-32(33)24-28-20-10-11-21-29(28)34(36)26-16-6-2-7-17-26;1-7-5-3-2-4-6-7/h1-22,24,31H,23H2;2-6H,1H3. The maximum absolute atomic E-state index is 2.43. The molecule has 0 heteroatoms. The van der Waals surface area contributed by atoms with Crippen molar-refractivity contribution in [1.29, 1.82) is 0 Å². The Hall–Kier alpha value is -5.20. The van der Waals surface area contributed by atoms with Gasteiger partial charge in [0.1, 0.15) is 0 Å². The van der Waals surface area contributed by atoms with E-state index in [1.807, 2.05) is 18.2 Å². The average Bonchev–Trinajstić information content (AvgIpc) is 3.08. The van der Waals surface area contributed by atoms with E-state index in [-0.39, 0.29) is 0 Å². The summed E-state index contributed by atoms with van der Waals surface area (Å²) < 4.78 is 0. The number of hydrogen-bond donors (Lipinski definition) is 0. The van der Waals surface area contributed by atoms with Crippen molar-refractivity contribution >= 4 is 21.9 Å². The van der Waals surface area contributed by atoms with E-state index in [1.165, 1.54) is 65.7 Å². The minimum absolute atomic E-state index is 0.309. The van der Waals surface area contributed by atoms with E-state index in [0.717, 1.165) is 6.42 Å². The van der Waals surface area contributed by atoms with E-state index in [1.54, 1.807) is 0 Å². The summed E-state index contributed by atoms with van der Waals surface area (Å²) in [4.78, 5) is 0. The summed E-state index contributed by atoms with van der Waals surface area (Å²) in [5.41, 5.74) is 10.7. The van der Waals surface area contributed by atoms with Gasteiger partial charge in [-0.15, -0.1) is 0 Å². The SMILES string of the molecule is C1=CCC2C(=C1)C(c1ccccc1)=c1cc3ccccc3c(-c3ccccc3)c1=C2c1ccccc1.Cc1ccccc1. The molecular formula is C43H34. The second kappa shape index (κ2) is 12.0. The summed E-state index contributed by atoms with van der Waals surface area (Å²) in [6.07, 6.45) is 7.92. The second-order valence-corrected chi connectivity index (χ2v) is 11.3. The summed E-state index contributed by atoms with van der Waals surface area (Å²) in [7, 11) is 0. The Kier molecular flexibility index (Phi) is 7.42. The van der Waals surface area contributed by atoms with Crippen LogP contribution in [0.3, 0.4) is 0 Å². The van der Waals surface area contributed by atoms with E-state index in [9.17, 15) is 0 Å². The molecule has 0 bridgehead atoms. The molecule has 0 aromatic heterocycles. The maximum Gasteiger partial charge on any atom is 0.0143 e. The van der Waals surface area contributed by atoms with Crippen LogP contribution in [0.25, 0.3) is 33.0 Å². The van der Waals surface area contributed by atoms with Gasteiger partial charge >= 0.3 is 0 Å². The number of rotatable bonds is 3. The average molecular weight is 551 g/mol. The van der Waals surface area contributed by atoms with E-state index >= 15 is 0 Å². The van der Waals surface area contributed by atoms with Crippen LogP contribution in [0.1, 0.15) is 23.1 Å². The fraction of sp³-hybridized carbons (Fsp3) is 0.0698. The van der Waals surface area contributed by atoms with Crippen LogP contribution in [0.2, 0.25) is 0 Å². The van der Waals surface area contributed by atoms with Gasteiger partial charge in [-0.1, -0.05) is 169 Å². The zero-order valence-electron chi connectivity index (χ0n) is 24.5. The van der Waals surface area contributed by atoms with Crippen molar-refractivity contribution in [2.75, 3.05) is 0 Å². The fourth-order valence-corrected chi connectivity index (χ4v) is 6.64. The Morgan fingerprint density at radius 1 is 0.558 bits per heavy atom. The molecule has 0 saturated carbocycles. The lowest BCUT2D eigenvalue weighted by molar-refractivity contribution is 0.798. The minimum atomic E-state index is 0.309. The number of fused-ring (bicyclic) bond motifs is 3. The monoisotopic (exact) mass is 550 g/mol. The van der Waals surface area contributed by atoms with Gasteiger partial charge in [0.05, 0.1) is 0 Å². The quantitative estimate of drug-likeness (QED) is 0.206. The van der Waals surface area contributed by atoms with Gasteiger partial charge < -0.3 is 0 Å². The third-order valence-electron chi connectivity index (χ3n) is 8.53. The molecule has 0 heterocycles. The van der Waals surface area contributed by atoms with Gasteiger partial charge in [-0.05, 0) is 79.6 Å². The van der Waals surface area contributed by atoms with Crippen LogP contribution in [0, 0.1) is 12.8 Å². The third kappa shape index (κ3) is 5.18. The van der Waals surface area contributed by atoms with Gasteiger partial charge in [-0.25, -0.2) is 0 Å². The first-order valence-corrected chi connectivity index (χ1v) is 15.1. The molecule has 6 aromatic carbocycles. The molecule has 1 unspecified atom stereocenters. The Bertz CT molecular complexity index is 2060. The molecule has 2 aliphatic carbocycles. The van der Waals surface area contributed by atoms with Crippen molar-refractivity contribution in [3.05, 3.63) is 203 Å². The molecule has 2 aliphatic rings. The van der Waals surface area contributed by atoms with E-state index < -0.39 is 0 Å². The topological polar surface area (TPSA) is 0 Å². The van der Waals surface area contributed by atoms with Gasteiger partial charge in [-0.2, -0.15) is 0 Å². The molecule has 0 N–H and O–H groups in total. The molecule has 0 aliphatic heterocycles. The predicted molar refractivity (Wildman–Crippen MR) is 183 cm³/mol. The van der Waals surface area contributed by atoms with E-state index in [4.69, 9.17) is 0 Å². The largest absolute Gasteiger partial charge is 0.0836 e. The number of aryl methyl sites for hydroxylation is 1. The molecule has 0 amide bonds. The van der Waals surface area contributed by atoms with Crippen LogP contribution in [0.5, 0.6) is 0 Å². The lowest BCUT2D eigenvalue weighted by Gasteiger charge is -2.32. The molecule has 206 valence electrons. The summed E-state index contributed by atoms with van der Waals surface area (Å²) >= 11 is 0. The molecule has 6 aromatic rings. The van der Waals surface area contributed by atoms with Crippen LogP contribution in [-0.4, -0.2) is 0 Å². The summed E-state index contributed by atoms with van der Waals surface area (Å²) in [6, 6.07) is 54.5. The molecule has 8 rings (SSSR count). The van der Waals surface area contributed by atoms with Crippen LogP contribution >= 0.6 is 0 Å². The smallest absolute Gasteiger partial charge is 0.0143 e. The van der Waals surface area contributed by atoms with Crippen molar-refractivity contribution in [3.63, 3.8) is 0 Å². The highest BCUT2D eigenvalue weighted by molar-refractivity contribution is 6.01. The minimum Gasteiger partial charge on any atom is -0.0836 e. The molecule has 0 saturated heterocycles. The molecule has 0 fully saturated rings. The molecule has 0 nitrogen and oxygen atoms in total. The second-order valence-electron chi connectivity index (χ2n) is 11.3. The van der Waals surface area contributed by atoms with Crippen LogP contribution in [-0.2, 0) is 0 Å². The Morgan fingerprint density at radius 2 is 1.12 bits per heavy atom. The van der Waals surface area contributed by atoms with Gasteiger partial charge in [-0.3, -0.25) is 0 Å². The van der Waals surface area contributed by atoms with Crippen molar-refractivity contribution in [3.8, 4) is 11.1 Å². The highest BCUT2D eigenvalue weighted by atomic mass is 14.3. The normalized spacial score (nSPS) is 15.2. The summed E-state index contributed by atoms with van der Waals surface area (Å²) in [5.74, 6) is 0.309. The van der Waals surface area contributed by atoms with Gasteiger partial charge in [0.25, 0.3) is 0 Å². The van der Waals surface area contributed by atoms with Gasteiger partial charge in [0.2, 0.25) is 0 Å². The first-order valence-electron chi connectivity index (χ1n) is 15.1. The molecule has 1 atom stereocenters. The lowest BCUT2D eigenvalue weighted by Crippen LogP contribution is -2.39. The number of allylic oxidation sites excluding steroid dienone is 4. The molecular weight excluding hydrogens is 516 g/mol. The summed E-state index contributed by atoms with van der Waals surface area (Å²) in [5, 5.41) is 5.29. The Labute approximate surface area is 254 Å². The zero-order chi connectivity index (χ0) is 29.0. The molecule has 0 radical (unpaired) electrons.